The van der Waals surface area contributed by atoms with E-state index in [1.807, 2.05) is 6.92 Å². The number of hydrogen-bond acceptors (Lipinski definition) is 2. The zero-order valence-electron chi connectivity index (χ0n) is 9.21. The highest BCUT2D eigenvalue weighted by atomic mass is 19.3. The van der Waals surface area contributed by atoms with E-state index in [9.17, 15) is 13.6 Å². The van der Waals surface area contributed by atoms with E-state index in [0.29, 0.717) is 11.3 Å². The first-order valence-corrected chi connectivity index (χ1v) is 4.81. The van der Waals surface area contributed by atoms with E-state index in [-0.39, 0.29) is 0 Å². The van der Waals surface area contributed by atoms with Crippen LogP contribution in [0.25, 0.3) is 0 Å². The topological polar surface area (TPSA) is 46.3 Å². The molecule has 0 saturated carbocycles. The van der Waals surface area contributed by atoms with Crippen LogP contribution in [0.4, 0.5) is 14.5 Å². The number of anilines is 1. The monoisotopic (exact) mass is 228 g/mol. The van der Waals surface area contributed by atoms with E-state index >= 15 is 0 Å². The molecular weight excluding hydrogens is 214 g/mol. The molecule has 0 atom stereocenters. The first kappa shape index (κ1) is 12.4. The van der Waals surface area contributed by atoms with E-state index < -0.39 is 18.9 Å². The molecule has 0 unspecified atom stereocenters. The number of halogens is 2. The van der Waals surface area contributed by atoms with Crippen molar-refractivity contribution in [2.75, 3.05) is 19.3 Å². The van der Waals surface area contributed by atoms with Gasteiger partial charge >= 0.3 is 0 Å². The fraction of sp³-hybridized carbons (Fsp3) is 0.364. The molecule has 0 bridgehead atoms. The Kier molecular flexibility index (Phi) is 3.82. The van der Waals surface area contributed by atoms with Crippen molar-refractivity contribution in [3.05, 3.63) is 29.3 Å². The molecule has 0 aromatic heterocycles. The van der Waals surface area contributed by atoms with Gasteiger partial charge in [-0.1, -0.05) is 6.07 Å². The zero-order chi connectivity index (χ0) is 12.3. The molecule has 0 heterocycles. The number of amides is 1. The Balaban J connectivity index is 2.84. The molecule has 1 amide bonds. The van der Waals surface area contributed by atoms with Crippen LogP contribution < -0.4 is 5.73 Å². The molecule has 0 spiro atoms. The van der Waals surface area contributed by atoms with Crippen molar-refractivity contribution in [3.8, 4) is 0 Å². The maximum Gasteiger partial charge on any atom is 0.255 e. The first-order chi connectivity index (χ1) is 7.41. The van der Waals surface area contributed by atoms with Gasteiger partial charge in [0.1, 0.15) is 0 Å². The van der Waals surface area contributed by atoms with E-state index in [1.165, 1.54) is 13.1 Å². The number of hydrogen-bond donors (Lipinski definition) is 1. The summed E-state index contributed by atoms with van der Waals surface area (Å²) >= 11 is 0. The summed E-state index contributed by atoms with van der Waals surface area (Å²) in [6.07, 6.45) is -2.53. The van der Waals surface area contributed by atoms with Crippen LogP contribution in [-0.4, -0.2) is 30.8 Å². The van der Waals surface area contributed by atoms with Crippen molar-refractivity contribution in [2.24, 2.45) is 0 Å². The number of nitrogens with zero attached hydrogens (tertiary/aromatic N) is 1. The summed E-state index contributed by atoms with van der Waals surface area (Å²) in [5.74, 6) is -0.452. The Hall–Kier alpha value is -1.65. The highest BCUT2D eigenvalue weighted by Gasteiger charge is 2.16. The summed E-state index contributed by atoms with van der Waals surface area (Å²) in [4.78, 5) is 12.7. The fourth-order valence-electron chi connectivity index (χ4n) is 1.28. The van der Waals surface area contributed by atoms with Crippen molar-refractivity contribution in [1.29, 1.82) is 0 Å². The molecule has 0 fully saturated rings. The number of rotatable bonds is 3. The van der Waals surface area contributed by atoms with Crippen LogP contribution >= 0.6 is 0 Å². The van der Waals surface area contributed by atoms with Crippen LogP contribution in [0, 0.1) is 6.92 Å². The Morgan fingerprint density at radius 1 is 1.50 bits per heavy atom. The molecule has 1 aromatic rings. The first-order valence-electron chi connectivity index (χ1n) is 4.81. The van der Waals surface area contributed by atoms with Gasteiger partial charge < -0.3 is 10.6 Å². The Morgan fingerprint density at radius 3 is 2.62 bits per heavy atom. The number of alkyl halides is 2. The third-order valence-corrected chi connectivity index (χ3v) is 2.28. The van der Waals surface area contributed by atoms with Gasteiger partial charge in [0.05, 0.1) is 6.54 Å². The van der Waals surface area contributed by atoms with Gasteiger partial charge in [-0.3, -0.25) is 4.79 Å². The second kappa shape index (κ2) is 4.92. The highest BCUT2D eigenvalue weighted by Crippen LogP contribution is 2.14. The van der Waals surface area contributed by atoms with Gasteiger partial charge in [0, 0.05) is 18.3 Å². The van der Waals surface area contributed by atoms with E-state index in [1.54, 1.807) is 12.1 Å². The van der Waals surface area contributed by atoms with Crippen LogP contribution in [-0.2, 0) is 0 Å². The summed E-state index contributed by atoms with van der Waals surface area (Å²) < 4.78 is 24.2. The van der Waals surface area contributed by atoms with Crippen LogP contribution in [0.2, 0.25) is 0 Å². The lowest BCUT2D eigenvalue weighted by Gasteiger charge is -2.16. The van der Waals surface area contributed by atoms with Crippen molar-refractivity contribution in [3.63, 3.8) is 0 Å². The third kappa shape index (κ3) is 2.92. The molecule has 3 nitrogen and oxygen atoms in total. The minimum Gasteiger partial charge on any atom is -0.398 e. The SMILES string of the molecule is Cc1ccc(C(=O)N(C)CC(F)F)cc1N. The van der Waals surface area contributed by atoms with E-state index in [0.717, 1.165) is 10.5 Å². The van der Waals surface area contributed by atoms with Crippen molar-refractivity contribution in [2.45, 2.75) is 13.3 Å². The maximum absolute atomic E-state index is 12.1. The lowest BCUT2D eigenvalue weighted by atomic mass is 10.1. The smallest absolute Gasteiger partial charge is 0.255 e. The molecule has 0 aliphatic heterocycles. The normalized spacial score (nSPS) is 10.6. The van der Waals surface area contributed by atoms with Gasteiger partial charge in [-0.05, 0) is 24.6 Å². The number of nitrogens with two attached hydrogens (primary N) is 1. The van der Waals surface area contributed by atoms with Crippen LogP contribution in [0.3, 0.4) is 0 Å². The average molecular weight is 228 g/mol. The Bertz CT molecular complexity index is 394. The molecule has 16 heavy (non-hydrogen) atoms. The van der Waals surface area contributed by atoms with Gasteiger partial charge in [-0.2, -0.15) is 0 Å². The lowest BCUT2D eigenvalue weighted by molar-refractivity contribution is 0.0620. The quantitative estimate of drug-likeness (QED) is 0.803. The predicted octanol–water partition coefficient (Wildman–Crippen LogP) is 1.91. The Labute approximate surface area is 92.8 Å². The summed E-state index contributed by atoms with van der Waals surface area (Å²) in [5, 5.41) is 0. The molecule has 1 rings (SSSR count). The standard InChI is InChI=1S/C11H14F2N2O/c1-7-3-4-8(5-9(7)14)11(16)15(2)6-10(12)13/h3-5,10H,6,14H2,1-2H3. The second-order valence-electron chi connectivity index (χ2n) is 3.65. The summed E-state index contributed by atoms with van der Waals surface area (Å²) in [5.41, 5.74) is 7.30. The van der Waals surface area contributed by atoms with Crippen molar-refractivity contribution in [1.82, 2.24) is 4.90 Å². The number of benzene rings is 1. The van der Waals surface area contributed by atoms with Gasteiger partial charge in [0.25, 0.3) is 12.3 Å². The third-order valence-electron chi connectivity index (χ3n) is 2.28. The van der Waals surface area contributed by atoms with Gasteiger partial charge in [0.15, 0.2) is 0 Å². The van der Waals surface area contributed by atoms with Gasteiger partial charge in [-0.15, -0.1) is 0 Å². The van der Waals surface area contributed by atoms with E-state index in [2.05, 4.69) is 0 Å². The molecule has 88 valence electrons. The fourth-order valence-corrected chi connectivity index (χ4v) is 1.28. The number of aryl methyl sites for hydroxylation is 1. The summed E-state index contributed by atoms with van der Waals surface area (Å²) in [6, 6.07) is 4.77. The average Bonchev–Trinajstić information content (AvgIpc) is 2.20. The van der Waals surface area contributed by atoms with Gasteiger partial charge in [-0.25, -0.2) is 8.78 Å². The molecule has 0 aliphatic carbocycles. The lowest BCUT2D eigenvalue weighted by Crippen LogP contribution is -2.31. The Morgan fingerprint density at radius 2 is 2.12 bits per heavy atom. The zero-order valence-corrected chi connectivity index (χ0v) is 9.21. The predicted molar refractivity (Wildman–Crippen MR) is 58.6 cm³/mol. The number of carbonyl (C=O) groups excluding carboxylic acids is 1. The summed E-state index contributed by atoms with van der Waals surface area (Å²) in [7, 11) is 1.34. The summed E-state index contributed by atoms with van der Waals surface area (Å²) in [6.45, 7) is 1.24. The second-order valence-corrected chi connectivity index (χ2v) is 3.65. The molecule has 0 saturated heterocycles. The molecule has 5 heteroatoms. The van der Waals surface area contributed by atoms with Crippen LogP contribution in [0.1, 0.15) is 15.9 Å². The highest BCUT2D eigenvalue weighted by molar-refractivity contribution is 5.95. The molecular formula is C11H14F2N2O. The van der Waals surface area contributed by atoms with Gasteiger partial charge in [0.2, 0.25) is 0 Å². The van der Waals surface area contributed by atoms with Crippen LogP contribution in [0.15, 0.2) is 18.2 Å². The number of nitrogen functional groups attached to an aromatic ring is 1. The minimum atomic E-state index is -2.53. The van der Waals surface area contributed by atoms with Crippen molar-refractivity contribution < 1.29 is 13.6 Å². The molecule has 2 N–H and O–H groups in total. The molecule has 0 aliphatic rings. The van der Waals surface area contributed by atoms with Crippen molar-refractivity contribution >= 4 is 11.6 Å². The molecule has 1 aromatic carbocycles. The minimum absolute atomic E-state index is 0.325. The van der Waals surface area contributed by atoms with Crippen LogP contribution in [0.5, 0.6) is 0 Å². The number of carbonyl (C=O) groups is 1. The largest absolute Gasteiger partial charge is 0.398 e. The molecule has 0 radical (unpaired) electrons. The maximum atomic E-state index is 12.1. The van der Waals surface area contributed by atoms with E-state index in [4.69, 9.17) is 5.73 Å².